The summed E-state index contributed by atoms with van der Waals surface area (Å²) in [5.74, 6) is -0.304. The largest absolute Gasteiger partial charge is 0.505 e. The zero-order valence-corrected chi connectivity index (χ0v) is 8.47. The molecule has 0 bridgehead atoms. The molecule has 0 aromatic carbocycles. The quantitative estimate of drug-likeness (QED) is 0.706. The Hall–Kier alpha value is -1.62. The lowest BCUT2D eigenvalue weighted by molar-refractivity contribution is 0.0672. The van der Waals surface area contributed by atoms with Crippen molar-refractivity contribution >= 4 is 5.91 Å². The molecule has 2 rings (SSSR count). The maximum atomic E-state index is 11.9. The summed E-state index contributed by atoms with van der Waals surface area (Å²) in [5.41, 5.74) is 0.118. The molecule has 2 N–H and O–H groups in total. The highest BCUT2D eigenvalue weighted by molar-refractivity contribution is 5.94. The number of hydrogen-bond donors (Lipinski definition) is 2. The van der Waals surface area contributed by atoms with Gasteiger partial charge in [0, 0.05) is 26.3 Å². The lowest BCUT2D eigenvalue weighted by Gasteiger charge is -2.35. The molecule has 1 aromatic rings. The van der Waals surface area contributed by atoms with Gasteiger partial charge in [0.25, 0.3) is 5.91 Å². The first-order valence-electron chi connectivity index (χ1n) is 4.82. The van der Waals surface area contributed by atoms with Crippen LogP contribution in [0.15, 0.2) is 18.3 Å². The number of amides is 1. The van der Waals surface area contributed by atoms with E-state index in [-0.39, 0.29) is 23.4 Å². The van der Waals surface area contributed by atoms with Gasteiger partial charge in [0.05, 0.1) is 6.04 Å². The van der Waals surface area contributed by atoms with Gasteiger partial charge in [-0.25, -0.2) is 4.98 Å². The first kappa shape index (κ1) is 9.92. The SMILES string of the molecule is CN(C(=O)c1ncccc1O)C1CNC1. The molecule has 1 aliphatic heterocycles. The molecular weight excluding hydrogens is 194 g/mol. The number of rotatable bonds is 2. The van der Waals surface area contributed by atoms with Crippen LogP contribution in [-0.4, -0.2) is 47.1 Å². The standard InChI is InChI=1S/C10H13N3O2/c1-13(7-5-11-6-7)10(15)9-8(14)3-2-4-12-9/h2-4,7,11,14H,5-6H2,1H3. The molecule has 1 aliphatic rings. The highest BCUT2D eigenvalue weighted by Gasteiger charge is 2.27. The lowest BCUT2D eigenvalue weighted by Crippen LogP contribution is -2.57. The predicted molar refractivity (Wildman–Crippen MR) is 54.7 cm³/mol. The number of nitrogens with zero attached hydrogens (tertiary/aromatic N) is 2. The Labute approximate surface area is 87.7 Å². The predicted octanol–water partition coefficient (Wildman–Crippen LogP) is -0.169. The number of hydrogen-bond acceptors (Lipinski definition) is 4. The van der Waals surface area contributed by atoms with E-state index in [0.29, 0.717) is 0 Å². The summed E-state index contributed by atoms with van der Waals surface area (Å²) in [5, 5.41) is 12.6. The first-order chi connectivity index (χ1) is 7.20. The van der Waals surface area contributed by atoms with Gasteiger partial charge in [-0.05, 0) is 12.1 Å². The molecular formula is C10H13N3O2. The van der Waals surface area contributed by atoms with Crippen LogP contribution in [0.2, 0.25) is 0 Å². The third-order valence-corrected chi connectivity index (χ3v) is 2.62. The van der Waals surface area contributed by atoms with Crippen LogP contribution in [0.5, 0.6) is 5.75 Å². The summed E-state index contributed by atoms with van der Waals surface area (Å²) < 4.78 is 0. The average Bonchev–Trinajstić information content (AvgIpc) is 2.15. The fourth-order valence-electron chi connectivity index (χ4n) is 1.44. The molecule has 5 heteroatoms. The molecule has 1 aromatic heterocycles. The van der Waals surface area contributed by atoms with E-state index < -0.39 is 0 Å². The molecule has 1 fully saturated rings. The molecule has 0 unspecified atom stereocenters. The molecule has 0 spiro atoms. The third kappa shape index (κ3) is 1.78. The maximum absolute atomic E-state index is 11.9. The highest BCUT2D eigenvalue weighted by Crippen LogP contribution is 2.16. The van der Waals surface area contributed by atoms with Gasteiger partial charge in [-0.2, -0.15) is 0 Å². The van der Waals surface area contributed by atoms with E-state index in [9.17, 15) is 9.90 Å². The summed E-state index contributed by atoms with van der Waals surface area (Å²) in [6.45, 7) is 1.60. The molecule has 0 aliphatic carbocycles. The first-order valence-corrected chi connectivity index (χ1v) is 4.82. The van der Waals surface area contributed by atoms with E-state index in [2.05, 4.69) is 10.3 Å². The highest BCUT2D eigenvalue weighted by atomic mass is 16.3. The van der Waals surface area contributed by atoms with Crippen LogP contribution in [0.1, 0.15) is 10.5 Å². The second-order valence-corrected chi connectivity index (χ2v) is 3.60. The Bertz CT molecular complexity index is 377. The van der Waals surface area contributed by atoms with Crippen molar-refractivity contribution in [3.8, 4) is 5.75 Å². The minimum atomic E-state index is -0.236. The minimum Gasteiger partial charge on any atom is -0.505 e. The van der Waals surface area contributed by atoms with Gasteiger partial charge in [-0.1, -0.05) is 0 Å². The van der Waals surface area contributed by atoms with Gasteiger partial charge in [0.1, 0.15) is 5.75 Å². The lowest BCUT2D eigenvalue weighted by atomic mass is 10.1. The molecule has 1 amide bonds. The molecule has 15 heavy (non-hydrogen) atoms. The Balaban J connectivity index is 2.16. The molecule has 2 heterocycles. The summed E-state index contributed by atoms with van der Waals surface area (Å²) in [6.07, 6.45) is 1.50. The summed E-state index contributed by atoms with van der Waals surface area (Å²) >= 11 is 0. The zero-order chi connectivity index (χ0) is 10.8. The van der Waals surface area contributed by atoms with Gasteiger partial charge >= 0.3 is 0 Å². The van der Waals surface area contributed by atoms with Crippen molar-refractivity contribution in [3.05, 3.63) is 24.0 Å². The van der Waals surface area contributed by atoms with Crippen LogP contribution < -0.4 is 5.32 Å². The molecule has 0 atom stereocenters. The Kier molecular flexibility index (Phi) is 2.55. The van der Waals surface area contributed by atoms with Crippen molar-refractivity contribution in [1.82, 2.24) is 15.2 Å². The number of nitrogens with one attached hydrogen (secondary N) is 1. The Morgan fingerprint density at radius 2 is 2.40 bits per heavy atom. The van der Waals surface area contributed by atoms with Gasteiger partial charge in [-0.15, -0.1) is 0 Å². The normalized spacial score (nSPS) is 15.8. The van der Waals surface area contributed by atoms with E-state index in [1.165, 1.54) is 12.3 Å². The molecule has 80 valence electrons. The van der Waals surface area contributed by atoms with E-state index in [0.717, 1.165) is 13.1 Å². The van der Waals surface area contributed by atoms with Gasteiger partial charge in [0.2, 0.25) is 0 Å². The zero-order valence-electron chi connectivity index (χ0n) is 8.47. The van der Waals surface area contributed by atoms with Crippen LogP contribution in [0.3, 0.4) is 0 Å². The number of aromatic nitrogens is 1. The topological polar surface area (TPSA) is 65.5 Å². The van der Waals surface area contributed by atoms with Crippen LogP contribution in [-0.2, 0) is 0 Å². The van der Waals surface area contributed by atoms with Crippen LogP contribution in [0, 0.1) is 0 Å². The number of likely N-dealkylation sites (N-methyl/N-ethyl adjacent to an activating group) is 1. The second-order valence-electron chi connectivity index (χ2n) is 3.60. The van der Waals surface area contributed by atoms with E-state index in [4.69, 9.17) is 0 Å². The van der Waals surface area contributed by atoms with Crippen LogP contribution >= 0.6 is 0 Å². The minimum absolute atomic E-state index is 0.0679. The van der Waals surface area contributed by atoms with Crippen molar-refractivity contribution in [2.75, 3.05) is 20.1 Å². The Morgan fingerprint density at radius 3 is 2.93 bits per heavy atom. The van der Waals surface area contributed by atoms with Crippen LogP contribution in [0.4, 0.5) is 0 Å². The number of carbonyl (C=O) groups is 1. The fourth-order valence-corrected chi connectivity index (χ4v) is 1.44. The molecule has 0 saturated carbocycles. The molecule has 5 nitrogen and oxygen atoms in total. The summed E-state index contributed by atoms with van der Waals surface area (Å²) in [6, 6.07) is 3.27. The number of carbonyl (C=O) groups excluding carboxylic acids is 1. The van der Waals surface area contributed by atoms with Gasteiger partial charge in [0.15, 0.2) is 5.69 Å². The van der Waals surface area contributed by atoms with E-state index in [1.54, 1.807) is 18.0 Å². The molecule has 1 saturated heterocycles. The Morgan fingerprint density at radius 1 is 1.67 bits per heavy atom. The van der Waals surface area contributed by atoms with Crippen LogP contribution in [0.25, 0.3) is 0 Å². The molecule has 0 radical (unpaired) electrons. The number of aromatic hydroxyl groups is 1. The van der Waals surface area contributed by atoms with E-state index >= 15 is 0 Å². The fraction of sp³-hybridized carbons (Fsp3) is 0.400. The third-order valence-electron chi connectivity index (χ3n) is 2.62. The number of pyridine rings is 1. The summed E-state index contributed by atoms with van der Waals surface area (Å²) in [4.78, 5) is 17.4. The second kappa shape index (κ2) is 3.86. The maximum Gasteiger partial charge on any atom is 0.276 e. The smallest absolute Gasteiger partial charge is 0.276 e. The summed E-state index contributed by atoms with van der Waals surface area (Å²) in [7, 11) is 1.72. The van der Waals surface area contributed by atoms with Crippen molar-refractivity contribution in [2.24, 2.45) is 0 Å². The monoisotopic (exact) mass is 207 g/mol. The van der Waals surface area contributed by atoms with Crippen molar-refractivity contribution in [3.63, 3.8) is 0 Å². The van der Waals surface area contributed by atoms with Gasteiger partial charge in [-0.3, -0.25) is 4.79 Å². The van der Waals surface area contributed by atoms with Crippen molar-refractivity contribution in [1.29, 1.82) is 0 Å². The van der Waals surface area contributed by atoms with Crippen molar-refractivity contribution in [2.45, 2.75) is 6.04 Å². The van der Waals surface area contributed by atoms with Crippen molar-refractivity contribution < 1.29 is 9.90 Å². The average molecular weight is 207 g/mol. The van der Waals surface area contributed by atoms with E-state index in [1.807, 2.05) is 0 Å². The van der Waals surface area contributed by atoms with Gasteiger partial charge < -0.3 is 15.3 Å².